The Morgan fingerprint density at radius 2 is 2.29 bits per heavy atom. The van der Waals surface area contributed by atoms with Crippen LogP contribution in [-0.4, -0.2) is 48.5 Å². The zero-order chi connectivity index (χ0) is 12.0. The summed E-state index contributed by atoms with van der Waals surface area (Å²) >= 11 is 5.03. The maximum Gasteiger partial charge on any atom is 0.165 e. The Bertz CT molecular complexity index is 610. The van der Waals surface area contributed by atoms with Crippen LogP contribution in [0.15, 0.2) is 12.7 Å². The molecule has 17 heavy (non-hydrogen) atoms. The van der Waals surface area contributed by atoms with Crippen LogP contribution >= 0.6 is 12.2 Å². The van der Waals surface area contributed by atoms with Gasteiger partial charge in [0.25, 0.3) is 0 Å². The lowest BCUT2D eigenvalue weighted by Crippen LogP contribution is -2.28. The minimum Gasteiger partial charge on any atom is -0.388 e. The van der Waals surface area contributed by atoms with Crippen molar-refractivity contribution in [3.05, 3.63) is 17.3 Å². The first kappa shape index (κ1) is 10.8. The van der Waals surface area contributed by atoms with Gasteiger partial charge in [0.05, 0.1) is 19.3 Å². The first-order chi connectivity index (χ1) is 8.18. The van der Waals surface area contributed by atoms with Gasteiger partial charge in [-0.3, -0.25) is 4.57 Å². The van der Waals surface area contributed by atoms with Crippen LogP contribution in [0, 0.1) is 4.64 Å². The van der Waals surface area contributed by atoms with Crippen LogP contribution in [0.1, 0.15) is 6.23 Å². The molecular weight excluding hydrogens is 244 g/mol. The summed E-state index contributed by atoms with van der Waals surface area (Å²) in [6, 6.07) is 0. The molecule has 8 heteroatoms. The highest BCUT2D eigenvalue weighted by Gasteiger charge is 2.36. The second kappa shape index (κ2) is 3.84. The molecule has 1 fully saturated rings. The van der Waals surface area contributed by atoms with Crippen molar-refractivity contribution in [2.75, 3.05) is 6.61 Å². The molecule has 0 radical (unpaired) electrons. The van der Waals surface area contributed by atoms with E-state index < -0.39 is 18.4 Å². The van der Waals surface area contributed by atoms with Crippen LogP contribution in [0.4, 0.5) is 0 Å². The van der Waals surface area contributed by atoms with E-state index in [1.165, 1.54) is 12.7 Å². The Kier molecular flexibility index (Phi) is 2.44. The number of aromatic amines is 1. The number of nitrogens with zero attached hydrogens (tertiary/aromatic N) is 3. The molecule has 90 valence electrons. The molecule has 0 aromatic carbocycles. The standard InChI is InChI=1S/C9H10N4O3S/c14-4-1-16-9(6(4)15)13-3-12-5-7(13)10-2-11-8(5)17/h2-4,6,9,14-15H,1H2,(H,10,11,17)/t4-,6-,9-/m0/s1. The van der Waals surface area contributed by atoms with Crippen molar-refractivity contribution in [2.24, 2.45) is 0 Å². The van der Waals surface area contributed by atoms with Gasteiger partial charge >= 0.3 is 0 Å². The van der Waals surface area contributed by atoms with E-state index in [0.717, 1.165) is 0 Å². The van der Waals surface area contributed by atoms with Gasteiger partial charge in [0.2, 0.25) is 0 Å². The second-order valence-corrected chi connectivity index (χ2v) is 4.23. The molecule has 3 N–H and O–H groups in total. The molecule has 0 saturated carbocycles. The molecular formula is C9H10N4O3S. The average molecular weight is 254 g/mol. The van der Waals surface area contributed by atoms with Gasteiger partial charge < -0.3 is 19.9 Å². The van der Waals surface area contributed by atoms with Crippen LogP contribution in [0.3, 0.4) is 0 Å². The number of fused-ring (bicyclic) bond motifs is 1. The quantitative estimate of drug-likeness (QED) is 0.607. The molecule has 1 aliphatic heterocycles. The van der Waals surface area contributed by atoms with Gasteiger partial charge in [0, 0.05) is 0 Å². The summed E-state index contributed by atoms with van der Waals surface area (Å²) in [5, 5.41) is 19.2. The van der Waals surface area contributed by atoms with Crippen molar-refractivity contribution in [3.63, 3.8) is 0 Å². The van der Waals surface area contributed by atoms with Crippen molar-refractivity contribution in [1.82, 2.24) is 19.5 Å². The molecule has 2 aromatic rings. The van der Waals surface area contributed by atoms with Crippen LogP contribution in [0.25, 0.3) is 11.2 Å². The minimum atomic E-state index is -0.984. The molecule has 2 aromatic heterocycles. The number of aromatic nitrogens is 4. The molecule has 0 spiro atoms. The highest BCUT2D eigenvalue weighted by molar-refractivity contribution is 7.71. The van der Waals surface area contributed by atoms with E-state index in [2.05, 4.69) is 15.0 Å². The fraction of sp³-hybridized carbons (Fsp3) is 0.444. The van der Waals surface area contributed by atoms with E-state index >= 15 is 0 Å². The van der Waals surface area contributed by atoms with Gasteiger partial charge in [0.1, 0.15) is 23.4 Å². The van der Waals surface area contributed by atoms with E-state index in [0.29, 0.717) is 15.8 Å². The average Bonchev–Trinajstić information content (AvgIpc) is 2.86. The van der Waals surface area contributed by atoms with Crippen molar-refractivity contribution in [2.45, 2.75) is 18.4 Å². The van der Waals surface area contributed by atoms with E-state index in [1.54, 1.807) is 4.57 Å². The number of aliphatic hydroxyl groups excluding tert-OH is 2. The van der Waals surface area contributed by atoms with Gasteiger partial charge in [0.15, 0.2) is 10.9 Å². The molecule has 1 saturated heterocycles. The number of H-pyrrole nitrogens is 1. The molecule has 1 aliphatic rings. The second-order valence-electron chi connectivity index (χ2n) is 3.84. The number of nitrogens with one attached hydrogen (secondary N) is 1. The SMILES string of the molecule is O[C@H]1[C@@H](O)CO[C@@H]1n1cnc2c(=S)nc[nH]c21. The Labute approximate surface area is 101 Å². The predicted molar refractivity (Wildman–Crippen MR) is 59.7 cm³/mol. The Morgan fingerprint density at radius 3 is 3.00 bits per heavy atom. The van der Waals surface area contributed by atoms with Crippen LogP contribution < -0.4 is 0 Å². The van der Waals surface area contributed by atoms with Crippen molar-refractivity contribution in [3.8, 4) is 0 Å². The number of aliphatic hydroxyl groups is 2. The Hall–Kier alpha value is -1.35. The zero-order valence-corrected chi connectivity index (χ0v) is 9.46. The predicted octanol–water partition coefficient (Wildman–Crippen LogP) is -0.261. The summed E-state index contributed by atoms with van der Waals surface area (Å²) in [4.78, 5) is 10.9. The van der Waals surface area contributed by atoms with E-state index in [4.69, 9.17) is 17.0 Å². The highest BCUT2D eigenvalue weighted by atomic mass is 32.1. The fourth-order valence-corrected chi connectivity index (χ4v) is 2.10. The third kappa shape index (κ3) is 1.57. The lowest BCUT2D eigenvalue weighted by Gasteiger charge is -2.16. The van der Waals surface area contributed by atoms with Crippen LogP contribution in [0.2, 0.25) is 0 Å². The van der Waals surface area contributed by atoms with Crippen molar-refractivity contribution < 1.29 is 14.9 Å². The minimum absolute atomic E-state index is 0.0946. The molecule has 7 nitrogen and oxygen atoms in total. The summed E-state index contributed by atoms with van der Waals surface area (Å²) in [6.45, 7) is 0.0946. The lowest BCUT2D eigenvalue weighted by molar-refractivity contribution is -0.0162. The first-order valence-corrected chi connectivity index (χ1v) is 5.47. The number of ether oxygens (including phenoxy) is 1. The molecule has 0 unspecified atom stereocenters. The molecule has 3 heterocycles. The molecule has 3 rings (SSSR count). The third-order valence-corrected chi connectivity index (χ3v) is 3.08. The van der Waals surface area contributed by atoms with E-state index in [9.17, 15) is 10.2 Å². The zero-order valence-electron chi connectivity index (χ0n) is 8.65. The Balaban J connectivity index is 2.13. The van der Waals surface area contributed by atoms with E-state index in [1.807, 2.05) is 0 Å². The maximum absolute atomic E-state index is 9.78. The molecule has 0 bridgehead atoms. The van der Waals surface area contributed by atoms with E-state index in [-0.39, 0.29) is 6.61 Å². The molecule has 0 amide bonds. The number of imidazole rings is 1. The smallest absolute Gasteiger partial charge is 0.165 e. The summed E-state index contributed by atoms with van der Waals surface area (Å²) < 4.78 is 7.30. The van der Waals surface area contributed by atoms with Gasteiger partial charge in [-0.25, -0.2) is 9.97 Å². The van der Waals surface area contributed by atoms with Gasteiger partial charge in [-0.15, -0.1) is 0 Å². The fourth-order valence-electron chi connectivity index (χ4n) is 1.90. The lowest BCUT2D eigenvalue weighted by atomic mass is 10.2. The van der Waals surface area contributed by atoms with Crippen molar-refractivity contribution >= 4 is 23.4 Å². The monoisotopic (exact) mass is 254 g/mol. The topological polar surface area (TPSA) is 96.2 Å². The third-order valence-electron chi connectivity index (χ3n) is 2.78. The number of hydrogen-bond donors (Lipinski definition) is 3. The summed E-state index contributed by atoms with van der Waals surface area (Å²) in [6.07, 6.45) is 0.429. The van der Waals surface area contributed by atoms with Gasteiger partial charge in [-0.1, -0.05) is 12.2 Å². The first-order valence-electron chi connectivity index (χ1n) is 5.06. The summed E-state index contributed by atoms with van der Waals surface area (Å²) in [7, 11) is 0. The number of hydrogen-bond acceptors (Lipinski definition) is 6. The Morgan fingerprint density at radius 1 is 1.47 bits per heavy atom. The number of rotatable bonds is 1. The summed E-state index contributed by atoms with van der Waals surface area (Å²) in [5.74, 6) is 0. The summed E-state index contributed by atoms with van der Waals surface area (Å²) in [5.41, 5.74) is 1.16. The largest absolute Gasteiger partial charge is 0.388 e. The normalized spacial score (nSPS) is 28.9. The van der Waals surface area contributed by atoms with Gasteiger partial charge in [-0.05, 0) is 0 Å². The maximum atomic E-state index is 9.78. The highest BCUT2D eigenvalue weighted by Crippen LogP contribution is 2.26. The molecule has 3 atom stereocenters. The van der Waals surface area contributed by atoms with Crippen LogP contribution in [0.5, 0.6) is 0 Å². The van der Waals surface area contributed by atoms with Crippen LogP contribution in [-0.2, 0) is 4.74 Å². The van der Waals surface area contributed by atoms with Crippen molar-refractivity contribution in [1.29, 1.82) is 0 Å². The van der Waals surface area contributed by atoms with Gasteiger partial charge in [-0.2, -0.15) is 0 Å². The molecule has 0 aliphatic carbocycles.